The predicted molar refractivity (Wildman–Crippen MR) is 134 cm³/mol. The second kappa shape index (κ2) is 10.2. The number of unbranched alkanes of at least 4 members (excludes halogenated alkanes) is 1. The molecule has 0 amide bonds. The molecule has 3 aromatic rings. The summed E-state index contributed by atoms with van der Waals surface area (Å²) >= 11 is 0. The summed E-state index contributed by atoms with van der Waals surface area (Å²) in [6.45, 7) is 4.46. The Labute approximate surface area is 204 Å². The summed E-state index contributed by atoms with van der Waals surface area (Å²) in [6.07, 6.45) is 4.79. The van der Waals surface area contributed by atoms with Gasteiger partial charge in [0.25, 0.3) is 0 Å². The Hall–Kier alpha value is -3.19. The second-order valence-electron chi connectivity index (χ2n) is 8.51. The molecule has 2 aromatic heterocycles. The molecule has 0 atom stereocenters. The predicted octanol–water partition coefficient (Wildman–Crippen LogP) is 1.90. The third kappa shape index (κ3) is 5.40. The van der Waals surface area contributed by atoms with Gasteiger partial charge in [0.05, 0.1) is 31.8 Å². The number of nitrogens with zero attached hydrogens (tertiary/aromatic N) is 6. The van der Waals surface area contributed by atoms with Crippen LogP contribution >= 0.6 is 0 Å². The van der Waals surface area contributed by atoms with Gasteiger partial charge in [-0.3, -0.25) is 4.68 Å². The molecule has 1 aromatic carbocycles. The second-order valence-corrected chi connectivity index (χ2v) is 10.5. The van der Waals surface area contributed by atoms with E-state index in [4.69, 9.17) is 10.5 Å². The number of nitrogen functional groups attached to an aromatic ring is 1. The van der Waals surface area contributed by atoms with E-state index in [2.05, 4.69) is 27.3 Å². The molecule has 0 aliphatic carbocycles. The summed E-state index contributed by atoms with van der Waals surface area (Å²) in [6, 6.07) is 3.09. The van der Waals surface area contributed by atoms with E-state index in [1.807, 2.05) is 4.90 Å². The molecule has 3 N–H and O–H groups in total. The molecule has 0 unspecified atom stereocenters. The van der Waals surface area contributed by atoms with Crippen molar-refractivity contribution in [2.75, 3.05) is 62.0 Å². The quantitative estimate of drug-likeness (QED) is 0.418. The minimum absolute atomic E-state index is 0.153. The number of methoxy groups -OCH3 is 1. The Balaban J connectivity index is 1.61. The van der Waals surface area contributed by atoms with Gasteiger partial charge in [-0.05, 0) is 12.5 Å². The number of anilines is 3. The Bertz CT molecular complexity index is 1310. The van der Waals surface area contributed by atoms with Gasteiger partial charge < -0.3 is 20.7 Å². The number of hydrogen-bond acceptors (Lipinski definition) is 9. The zero-order chi connectivity index (χ0) is 25.2. The first-order valence-electron chi connectivity index (χ1n) is 11.5. The lowest BCUT2D eigenvalue weighted by Crippen LogP contribution is -2.48. The zero-order valence-corrected chi connectivity index (χ0v) is 21.0. The lowest BCUT2D eigenvalue weighted by atomic mass is 10.1. The summed E-state index contributed by atoms with van der Waals surface area (Å²) in [7, 11) is -1.73. The number of halogens is 1. The van der Waals surface area contributed by atoms with Crippen LogP contribution in [0, 0.1) is 5.82 Å². The molecule has 1 aliphatic rings. The maximum absolute atomic E-state index is 15.3. The first kappa shape index (κ1) is 24.9. The first-order valence-corrected chi connectivity index (χ1v) is 13.4. The van der Waals surface area contributed by atoms with Crippen LogP contribution in [0.2, 0.25) is 0 Å². The maximum atomic E-state index is 15.3. The molecule has 35 heavy (non-hydrogen) atoms. The molecule has 0 radical (unpaired) electrons. The fourth-order valence-electron chi connectivity index (χ4n) is 4.21. The lowest BCUT2D eigenvalue weighted by molar-refractivity contribution is 0.384. The zero-order valence-electron chi connectivity index (χ0n) is 20.2. The summed E-state index contributed by atoms with van der Waals surface area (Å²) < 4.78 is 47.5. The third-order valence-corrected chi connectivity index (χ3v) is 7.35. The van der Waals surface area contributed by atoms with Crippen LogP contribution in [0.5, 0.6) is 5.75 Å². The minimum atomic E-state index is -3.27. The number of nitrogens with one attached hydrogen (secondary N) is 1. The fraction of sp³-hybridized carbons (Fsp3) is 0.500. The van der Waals surface area contributed by atoms with Crippen molar-refractivity contribution in [3.63, 3.8) is 0 Å². The van der Waals surface area contributed by atoms with Crippen LogP contribution in [-0.4, -0.2) is 78.6 Å². The third-order valence-electron chi connectivity index (χ3n) is 6.05. The highest BCUT2D eigenvalue weighted by atomic mass is 32.2. The molecule has 1 saturated heterocycles. The molecule has 3 heterocycles. The summed E-state index contributed by atoms with van der Waals surface area (Å²) in [4.78, 5) is 10.4. The number of sulfonamides is 1. The van der Waals surface area contributed by atoms with Crippen molar-refractivity contribution in [2.45, 2.75) is 26.3 Å². The molecule has 190 valence electrons. The number of benzene rings is 1. The molecule has 0 bridgehead atoms. The molecule has 0 saturated carbocycles. The molecular weight excluding hydrogens is 475 g/mol. The van der Waals surface area contributed by atoms with Crippen LogP contribution in [-0.2, 0) is 16.6 Å². The van der Waals surface area contributed by atoms with Crippen molar-refractivity contribution in [1.29, 1.82) is 0 Å². The number of ether oxygens (including phenoxy) is 1. The smallest absolute Gasteiger partial charge is 0.222 e. The molecule has 4 rings (SSSR count). The number of nitrogens with two attached hydrogens (primary N) is 1. The highest BCUT2D eigenvalue weighted by Gasteiger charge is 2.26. The van der Waals surface area contributed by atoms with Crippen molar-refractivity contribution in [3.05, 3.63) is 29.7 Å². The Morgan fingerprint density at radius 2 is 1.94 bits per heavy atom. The summed E-state index contributed by atoms with van der Waals surface area (Å²) in [5.74, 6) is 0.831. The van der Waals surface area contributed by atoms with E-state index in [-0.39, 0.29) is 12.5 Å². The number of aromatic nitrogens is 4. The van der Waals surface area contributed by atoms with E-state index >= 15 is 4.39 Å². The van der Waals surface area contributed by atoms with Gasteiger partial charge in [-0.25, -0.2) is 17.8 Å². The van der Waals surface area contributed by atoms with Gasteiger partial charge in [0.15, 0.2) is 5.82 Å². The highest BCUT2D eigenvalue weighted by molar-refractivity contribution is 7.88. The van der Waals surface area contributed by atoms with Crippen molar-refractivity contribution in [3.8, 4) is 5.75 Å². The largest absolute Gasteiger partial charge is 0.496 e. The number of rotatable bonds is 9. The summed E-state index contributed by atoms with van der Waals surface area (Å²) in [5.41, 5.74) is 8.12. The Kier molecular flexibility index (Phi) is 7.26. The minimum Gasteiger partial charge on any atom is -0.496 e. The average molecular weight is 507 g/mol. The Morgan fingerprint density at radius 1 is 1.20 bits per heavy atom. The monoisotopic (exact) mass is 506 g/mol. The van der Waals surface area contributed by atoms with Gasteiger partial charge in [-0.2, -0.15) is 14.4 Å². The van der Waals surface area contributed by atoms with Crippen molar-refractivity contribution in [1.82, 2.24) is 24.1 Å². The van der Waals surface area contributed by atoms with Crippen LogP contribution in [0.15, 0.2) is 18.3 Å². The van der Waals surface area contributed by atoms with E-state index < -0.39 is 15.8 Å². The van der Waals surface area contributed by atoms with E-state index in [1.54, 1.807) is 16.9 Å². The lowest BCUT2D eigenvalue weighted by Gasteiger charge is -2.35. The van der Waals surface area contributed by atoms with Crippen LogP contribution in [0.3, 0.4) is 0 Å². The molecule has 1 aliphatic heterocycles. The molecule has 0 spiro atoms. The normalized spacial score (nSPS) is 15.0. The van der Waals surface area contributed by atoms with E-state index in [0.717, 1.165) is 19.4 Å². The van der Waals surface area contributed by atoms with Gasteiger partial charge in [0, 0.05) is 44.4 Å². The first-order chi connectivity index (χ1) is 16.7. The average Bonchev–Trinajstić information content (AvgIpc) is 3.21. The van der Waals surface area contributed by atoms with Crippen molar-refractivity contribution in [2.24, 2.45) is 0 Å². The molecule has 13 heteroatoms. The van der Waals surface area contributed by atoms with Gasteiger partial charge in [-0.15, -0.1) is 0 Å². The number of hydrogen-bond donors (Lipinski definition) is 2. The standard InChI is InChI=1S/C22H31FN8O3S/c1-4-5-6-25-21-20-17(27-22(24)28-21)13-26-31(20)14-15-11-16(23)18(12-19(15)34-2)29-7-9-30(10-8-29)35(3,32)33/h11-13H,4-10,14H2,1-3H3,(H3,24,25,27,28). The van der Waals surface area contributed by atoms with Crippen molar-refractivity contribution >= 4 is 38.5 Å². The van der Waals surface area contributed by atoms with Gasteiger partial charge in [0.2, 0.25) is 16.0 Å². The van der Waals surface area contributed by atoms with Gasteiger partial charge in [0.1, 0.15) is 22.6 Å². The van der Waals surface area contributed by atoms with Gasteiger partial charge in [-0.1, -0.05) is 13.3 Å². The maximum Gasteiger partial charge on any atom is 0.222 e. The van der Waals surface area contributed by atoms with Crippen LogP contribution in [0.1, 0.15) is 25.3 Å². The molecule has 11 nitrogen and oxygen atoms in total. The van der Waals surface area contributed by atoms with E-state index in [0.29, 0.717) is 60.0 Å². The van der Waals surface area contributed by atoms with Crippen LogP contribution in [0.25, 0.3) is 11.0 Å². The summed E-state index contributed by atoms with van der Waals surface area (Å²) in [5, 5.41) is 7.73. The molecular formula is C22H31FN8O3S. The highest BCUT2D eigenvalue weighted by Crippen LogP contribution is 2.32. The van der Waals surface area contributed by atoms with E-state index in [1.165, 1.54) is 23.7 Å². The fourth-order valence-corrected chi connectivity index (χ4v) is 5.03. The van der Waals surface area contributed by atoms with Crippen LogP contribution in [0.4, 0.5) is 21.8 Å². The van der Waals surface area contributed by atoms with Gasteiger partial charge >= 0.3 is 0 Å². The Morgan fingerprint density at radius 3 is 2.60 bits per heavy atom. The SMILES string of the molecule is CCCCNc1nc(N)nc2cnn(Cc3cc(F)c(N4CCN(S(C)(=O)=O)CC4)cc3OC)c12. The van der Waals surface area contributed by atoms with E-state index in [9.17, 15) is 8.42 Å². The molecule has 1 fully saturated rings. The number of piperazine rings is 1. The van der Waals surface area contributed by atoms with Crippen molar-refractivity contribution < 1.29 is 17.5 Å². The topological polar surface area (TPSA) is 131 Å². The number of fused-ring (bicyclic) bond motifs is 1. The van der Waals surface area contributed by atoms with Crippen LogP contribution < -0.4 is 20.7 Å².